The molecule has 290 valence electrons. The second-order valence-corrected chi connectivity index (χ2v) is 15.9. The maximum atomic E-state index is 9.60. The molecular weight excluding hydrogens is 600 g/mol. The first kappa shape index (κ1) is 47.8. The van der Waals surface area contributed by atoms with Crippen LogP contribution in [0.25, 0.3) is 0 Å². The van der Waals surface area contributed by atoms with Crippen LogP contribution in [0.3, 0.4) is 0 Å². The number of ether oxygens (including phenoxy) is 4. The zero-order valence-corrected chi connectivity index (χ0v) is 33.2. The minimum atomic E-state index is -0.183. The van der Waals surface area contributed by atoms with E-state index in [0.29, 0.717) is 25.0 Å². The SMILES string of the molecule is CC(C)CCC[C@@H](C)CCO[C@H](CO)COCCCCCCCCCCCCCCCCOC[C@@H](CO)OCC[C@H](C)CCCC(C)C. The Labute approximate surface area is 300 Å². The number of hydrogen-bond donors (Lipinski definition) is 2. The molecule has 2 N–H and O–H groups in total. The summed E-state index contributed by atoms with van der Waals surface area (Å²) in [7, 11) is 0. The van der Waals surface area contributed by atoms with Gasteiger partial charge in [0.1, 0.15) is 12.2 Å². The van der Waals surface area contributed by atoms with Crippen LogP contribution in [0.15, 0.2) is 0 Å². The minimum absolute atomic E-state index is 0.0412. The average Bonchev–Trinajstić information content (AvgIpc) is 3.05. The van der Waals surface area contributed by atoms with Gasteiger partial charge in [-0.1, -0.05) is 157 Å². The molecule has 0 aliphatic heterocycles. The number of hydrogen-bond acceptors (Lipinski definition) is 6. The highest BCUT2D eigenvalue weighted by Gasteiger charge is 2.11. The lowest BCUT2D eigenvalue weighted by Gasteiger charge is -2.18. The van der Waals surface area contributed by atoms with Crippen molar-refractivity contribution in [2.75, 3.05) is 52.9 Å². The molecule has 0 bridgehead atoms. The fraction of sp³-hybridized carbons (Fsp3) is 1.00. The van der Waals surface area contributed by atoms with Gasteiger partial charge in [0.2, 0.25) is 0 Å². The summed E-state index contributed by atoms with van der Waals surface area (Å²) in [6.45, 7) is 17.8. The first-order chi connectivity index (χ1) is 23.3. The molecule has 0 rings (SSSR count). The van der Waals surface area contributed by atoms with Crippen molar-refractivity contribution in [3.63, 3.8) is 0 Å². The number of aliphatic hydroxyl groups is 2. The van der Waals surface area contributed by atoms with Crippen molar-refractivity contribution in [1.82, 2.24) is 0 Å². The average molecular weight is 687 g/mol. The summed E-state index contributed by atoms with van der Waals surface area (Å²) < 4.78 is 23.3. The first-order valence-corrected chi connectivity index (χ1v) is 20.9. The Morgan fingerprint density at radius 1 is 0.354 bits per heavy atom. The maximum absolute atomic E-state index is 9.60. The highest BCUT2D eigenvalue weighted by atomic mass is 16.5. The van der Waals surface area contributed by atoms with Gasteiger partial charge in [0, 0.05) is 26.4 Å². The van der Waals surface area contributed by atoms with Crippen molar-refractivity contribution in [3.8, 4) is 0 Å². The summed E-state index contributed by atoms with van der Waals surface area (Å²) in [6, 6.07) is 0. The van der Waals surface area contributed by atoms with Gasteiger partial charge in [-0.05, 0) is 49.4 Å². The summed E-state index contributed by atoms with van der Waals surface area (Å²) in [5.74, 6) is 2.94. The fourth-order valence-electron chi connectivity index (χ4n) is 6.18. The van der Waals surface area contributed by atoms with E-state index in [1.54, 1.807) is 0 Å². The number of aliphatic hydroxyl groups excluding tert-OH is 2. The van der Waals surface area contributed by atoms with Gasteiger partial charge in [0.25, 0.3) is 0 Å². The molecule has 0 aliphatic rings. The summed E-state index contributed by atoms with van der Waals surface area (Å²) in [6.07, 6.45) is 27.7. The summed E-state index contributed by atoms with van der Waals surface area (Å²) >= 11 is 0. The zero-order chi connectivity index (χ0) is 35.5. The van der Waals surface area contributed by atoms with Crippen LogP contribution in [0.4, 0.5) is 0 Å². The van der Waals surface area contributed by atoms with Crippen LogP contribution in [0.2, 0.25) is 0 Å². The molecule has 0 amide bonds. The molecule has 0 heterocycles. The topological polar surface area (TPSA) is 77.4 Å². The Morgan fingerprint density at radius 3 is 0.958 bits per heavy atom. The van der Waals surface area contributed by atoms with Gasteiger partial charge in [-0.3, -0.25) is 0 Å². The molecule has 6 nitrogen and oxygen atoms in total. The molecule has 0 aromatic rings. The second kappa shape index (κ2) is 36.5. The highest BCUT2D eigenvalue weighted by Crippen LogP contribution is 2.17. The quantitative estimate of drug-likeness (QED) is 0.0627. The first-order valence-electron chi connectivity index (χ1n) is 20.9. The summed E-state index contributed by atoms with van der Waals surface area (Å²) in [5, 5.41) is 19.2. The molecule has 0 radical (unpaired) electrons. The Bertz CT molecular complexity index is 563. The third-order valence-electron chi connectivity index (χ3n) is 9.73. The van der Waals surface area contributed by atoms with Crippen LogP contribution in [-0.4, -0.2) is 75.3 Å². The molecule has 4 atom stereocenters. The molecular formula is C42H86O6. The number of rotatable bonds is 39. The molecule has 0 saturated carbocycles. The van der Waals surface area contributed by atoms with Gasteiger partial charge in [-0.15, -0.1) is 0 Å². The standard InChI is InChI=1S/C42H86O6/c1-37(2)23-21-25-39(5)27-31-47-41(33-43)35-45-29-19-17-15-13-11-9-7-8-10-12-14-16-18-20-30-46-36-42(34-44)48-32-28-40(6)26-22-24-38(3)4/h37-44H,7-36H2,1-6H3/t39-,40-,41-,42-/m1/s1. The Morgan fingerprint density at radius 2 is 0.667 bits per heavy atom. The van der Waals surface area contributed by atoms with Gasteiger partial charge >= 0.3 is 0 Å². The number of unbranched alkanes of at least 4 members (excludes halogenated alkanes) is 13. The van der Waals surface area contributed by atoms with Crippen LogP contribution in [-0.2, 0) is 18.9 Å². The predicted molar refractivity (Wildman–Crippen MR) is 205 cm³/mol. The Hall–Kier alpha value is -0.240. The van der Waals surface area contributed by atoms with E-state index in [0.717, 1.165) is 63.9 Å². The van der Waals surface area contributed by atoms with Gasteiger partial charge in [-0.25, -0.2) is 0 Å². The predicted octanol–water partition coefficient (Wildman–Crippen LogP) is 10.9. The lowest BCUT2D eigenvalue weighted by molar-refractivity contribution is -0.0459. The normalized spacial score (nSPS) is 14.6. The largest absolute Gasteiger partial charge is 0.394 e. The van der Waals surface area contributed by atoms with E-state index < -0.39 is 0 Å². The van der Waals surface area contributed by atoms with Crippen molar-refractivity contribution >= 4 is 0 Å². The van der Waals surface area contributed by atoms with E-state index in [-0.39, 0.29) is 25.4 Å². The third kappa shape index (κ3) is 35.6. The lowest BCUT2D eigenvalue weighted by atomic mass is 9.98. The van der Waals surface area contributed by atoms with Gasteiger partial charge < -0.3 is 29.2 Å². The van der Waals surface area contributed by atoms with E-state index in [9.17, 15) is 10.2 Å². The molecule has 0 aliphatic carbocycles. The van der Waals surface area contributed by atoms with E-state index in [1.165, 1.54) is 116 Å². The van der Waals surface area contributed by atoms with E-state index in [1.807, 2.05) is 0 Å². The molecule has 0 aromatic heterocycles. The zero-order valence-electron chi connectivity index (χ0n) is 33.2. The lowest BCUT2D eigenvalue weighted by Crippen LogP contribution is -2.25. The van der Waals surface area contributed by atoms with Crippen LogP contribution < -0.4 is 0 Å². The fourth-order valence-corrected chi connectivity index (χ4v) is 6.18. The van der Waals surface area contributed by atoms with E-state index >= 15 is 0 Å². The van der Waals surface area contributed by atoms with Gasteiger partial charge in [0.15, 0.2) is 0 Å². The van der Waals surface area contributed by atoms with Crippen LogP contribution in [0.5, 0.6) is 0 Å². The monoisotopic (exact) mass is 687 g/mol. The molecule has 6 heteroatoms. The van der Waals surface area contributed by atoms with Crippen LogP contribution in [0.1, 0.15) is 183 Å². The highest BCUT2D eigenvalue weighted by molar-refractivity contribution is 4.60. The Kier molecular flexibility index (Phi) is 36.4. The molecule has 0 unspecified atom stereocenters. The van der Waals surface area contributed by atoms with Crippen molar-refractivity contribution in [2.24, 2.45) is 23.7 Å². The molecule has 0 aromatic carbocycles. The Balaban J connectivity index is 3.40. The van der Waals surface area contributed by atoms with Crippen molar-refractivity contribution < 1.29 is 29.2 Å². The van der Waals surface area contributed by atoms with Crippen LogP contribution >= 0.6 is 0 Å². The smallest absolute Gasteiger partial charge is 0.104 e. The molecule has 0 spiro atoms. The van der Waals surface area contributed by atoms with Crippen molar-refractivity contribution in [1.29, 1.82) is 0 Å². The summed E-state index contributed by atoms with van der Waals surface area (Å²) in [5.41, 5.74) is 0. The van der Waals surface area contributed by atoms with Crippen LogP contribution in [0, 0.1) is 23.7 Å². The molecule has 0 saturated heterocycles. The second-order valence-electron chi connectivity index (χ2n) is 15.9. The van der Waals surface area contributed by atoms with Crippen molar-refractivity contribution in [3.05, 3.63) is 0 Å². The molecule has 0 fully saturated rings. The van der Waals surface area contributed by atoms with Gasteiger partial charge in [-0.2, -0.15) is 0 Å². The van der Waals surface area contributed by atoms with E-state index in [2.05, 4.69) is 41.5 Å². The van der Waals surface area contributed by atoms with Gasteiger partial charge in [0.05, 0.1) is 26.4 Å². The molecule has 48 heavy (non-hydrogen) atoms. The minimum Gasteiger partial charge on any atom is -0.394 e. The van der Waals surface area contributed by atoms with Crippen molar-refractivity contribution in [2.45, 2.75) is 195 Å². The third-order valence-corrected chi connectivity index (χ3v) is 9.73. The maximum Gasteiger partial charge on any atom is 0.104 e. The summed E-state index contributed by atoms with van der Waals surface area (Å²) in [4.78, 5) is 0. The van der Waals surface area contributed by atoms with E-state index in [4.69, 9.17) is 18.9 Å².